The quantitative estimate of drug-likeness (QED) is 0.696. The van der Waals surface area contributed by atoms with Gasteiger partial charge in [-0.2, -0.15) is 0 Å². The lowest BCUT2D eigenvalue weighted by Gasteiger charge is -2.37. The van der Waals surface area contributed by atoms with Crippen LogP contribution in [-0.2, 0) is 0 Å². The van der Waals surface area contributed by atoms with E-state index in [0.717, 1.165) is 0 Å². The maximum absolute atomic E-state index is 13.1. The molecule has 3 heterocycles. The first kappa shape index (κ1) is 22.1. The molecule has 1 aliphatic heterocycles. The number of aromatic nitrogens is 3. The zero-order valence-electron chi connectivity index (χ0n) is 17.0. The van der Waals surface area contributed by atoms with E-state index in [1.54, 1.807) is 31.1 Å². The molecule has 2 aromatic heterocycles. The highest BCUT2D eigenvalue weighted by atomic mass is 79.9. The van der Waals surface area contributed by atoms with Crippen LogP contribution in [0.2, 0.25) is 0 Å². The number of likely N-dealkylation sites (N-methyl/N-ethyl adjacent to an activating group) is 1. The molecule has 0 aliphatic carbocycles. The van der Waals surface area contributed by atoms with Crippen molar-refractivity contribution >= 4 is 27.7 Å². The summed E-state index contributed by atoms with van der Waals surface area (Å²) in [4.78, 5) is 41.2. The lowest BCUT2D eigenvalue weighted by Crippen LogP contribution is -2.50. The van der Waals surface area contributed by atoms with Crippen LogP contribution in [0.15, 0.2) is 35.3 Å². The smallest absolute Gasteiger partial charge is 0.273 e. The molecule has 2 amide bonds. The van der Waals surface area contributed by atoms with Gasteiger partial charge < -0.3 is 19.6 Å². The van der Waals surface area contributed by atoms with Crippen LogP contribution in [0.3, 0.4) is 0 Å². The van der Waals surface area contributed by atoms with E-state index in [2.05, 4.69) is 30.9 Å². The molecule has 0 bridgehead atoms. The number of hydrogen-bond donors (Lipinski definition) is 1. The number of pyridine rings is 1. The topological polar surface area (TPSA) is 109 Å². The molecule has 3 atom stereocenters. The van der Waals surface area contributed by atoms with Crippen LogP contribution in [0.1, 0.15) is 34.7 Å². The fourth-order valence-corrected chi connectivity index (χ4v) is 3.58. The van der Waals surface area contributed by atoms with Gasteiger partial charge in [0.1, 0.15) is 17.4 Å². The Morgan fingerprint density at radius 3 is 2.83 bits per heavy atom. The Morgan fingerprint density at radius 2 is 2.17 bits per heavy atom. The number of ether oxygens (including phenoxy) is 1. The fourth-order valence-electron chi connectivity index (χ4n) is 3.25. The number of fused-ring (bicyclic) bond motifs is 1. The summed E-state index contributed by atoms with van der Waals surface area (Å²) in [5, 5.41) is 9.65. The lowest BCUT2D eigenvalue weighted by molar-refractivity contribution is 0.0312. The summed E-state index contributed by atoms with van der Waals surface area (Å²) in [7, 11) is 1.67. The molecule has 0 unspecified atom stereocenters. The van der Waals surface area contributed by atoms with Gasteiger partial charge >= 0.3 is 0 Å². The Bertz CT molecular complexity index is 913. The molecule has 160 valence electrons. The van der Waals surface area contributed by atoms with Gasteiger partial charge in [-0.05, 0) is 28.9 Å². The standard InChI is InChI=1S/C20H24BrN5O4/c1-12-9-26(13(2)11-27)19(28)15-6-14(21)7-24-18(15)30-17(12)10-25(3)20(29)16-8-22-4-5-23-16/h4-8,12-13,17,27H,9-11H2,1-3H3/t12-,13+,17+/m0/s1. The van der Waals surface area contributed by atoms with E-state index >= 15 is 0 Å². The molecule has 10 heteroatoms. The Labute approximate surface area is 183 Å². The van der Waals surface area contributed by atoms with Crippen LogP contribution in [-0.4, -0.2) is 80.6 Å². The van der Waals surface area contributed by atoms with Gasteiger partial charge in [-0.3, -0.25) is 14.6 Å². The van der Waals surface area contributed by atoms with Gasteiger partial charge in [0, 0.05) is 42.6 Å². The Kier molecular flexibility index (Phi) is 6.99. The van der Waals surface area contributed by atoms with Crippen molar-refractivity contribution in [3.8, 4) is 5.88 Å². The first-order valence-electron chi connectivity index (χ1n) is 9.57. The third-order valence-electron chi connectivity index (χ3n) is 5.07. The van der Waals surface area contributed by atoms with Gasteiger partial charge in [0.25, 0.3) is 11.8 Å². The van der Waals surface area contributed by atoms with E-state index in [1.807, 2.05) is 6.92 Å². The SMILES string of the molecule is C[C@H](CO)N1C[C@H](C)[C@@H](CN(C)C(=O)c2cnccn2)Oc2ncc(Br)cc2C1=O. The minimum absolute atomic E-state index is 0.126. The van der Waals surface area contributed by atoms with Crippen molar-refractivity contribution < 1.29 is 19.4 Å². The largest absolute Gasteiger partial charge is 0.472 e. The van der Waals surface area contributed by atoms with Crippen molar-refractivity contribution in [1.29, 1.82) is 0 Å². The molecule has 1 N–H and O–H groups in total. The third kappa shape index (κ3) is 4.76. The molecule has 2 aromatic rings. The number of hydrogen-bond acceptors (Lipinski definition) is 7. The first-order chi connectivity index (χ1) is 14.3. The maximum atomic E-state index is 13.1. The molecule has 0 radical (unpaired) electrons. The zero-order valence-corrected chi connectivity index (χ0v) is 18.6. The Hall–Kier alpha value is -2.59. The van der Waals surface area contributed by atoms with Crippen LogP contribution in [0, 0.1) is 5.92 Å². The summed E-state index contributed by atoms with van der Waals surface area (Å²) in [6.07, 6.45) is 5.52. The average molecular weight is 478 g/mol. The molecular formula is C20H24BrN5O4. The van der Waals surface area contributed by atoms with Crippen molar-refractivity contribution in [3.63, 3.8) is 0 Å². The number of carbonyl (C=O) groups excluding carboxylic acids is 2. The highest BCUT2D eigenvalue weighted by molar-refractivity contribution is 9.10. The fraction of sp³-hybridized carbons (Fsp3) is 0.450. The van der Waals surface area contributed by atoms with E-state index in [-0.39, 0.29) is 48.5 Å². The molecule has 0 aromatic carbocycles. The number of aliphatic hydroxyl groups is 1. The van der Waals surface area contributed by atoms with E-state index in [9.17, 15) is 14.7 Å². The summed E-state index contributed by atoms with van der Waals surface area (Å²) in [5.41, 5.74) is 0.552. The van der Waals surface area contributed by atoms with Crippen molar-refractivity contribution in [2.24, 2.45) is 5.92 Å². The summed E-state index contributed by atoms with van der Waals surface area (Å²) in [6.45, 7) is 4.20. The predicted molar refractivity (Wildman–Crippen MR) is 112 cm³/mol. The van der Waals surface area contributed by atoms with Crippen LogP contribution in [0.5, 0.6) is 5.88 Å². The highest BCUT2D eigenvalue weighted by Crippen LogP contribution is 2.28. The van der Waals surface area contributed by atoms with Gasteiger partial charge in [0.2, 0.25) is 5.88 Å². The third-order valence-corrected chi connectivity index (χ3v) is 5.50. The monoisotopic (exact) mass is 477 g/mol. The van der Waals surface area contributed by atoms with Crippen LogP contribution in [0.25, 0.3) is 0 Å². The van der Waals surface area contributed by atoms with E-state index in [0.29, 0.717) is 16.6 Å². The molecule has 1 aliphatic rings. The van der Waals surface area contributed by atoms with Gasteiger partial charge in [-0.15, -0.1) is 0 Å². The van der Waals surface area contributed by atoms with E-state index in [1.165, 1.54) is 23.5 Å². The van der Waals surface area contributed by atoms with Gasteiger partial charge in [0.05, 0.1) is 25.4 Å². The average Bonchev–Trinajstić information content (AvgIpc) is 2.76. The molecule has 30 heavy (non-hydrogen) atoms. The number of nitrogens with zero attached hydrogens (tertiary/aromatic N) is 5. The number of aliphatic hydroxyl groups excluding tert-OH is 1. The summed E-state index contributed by atoms with van der Waals surface area (Å²) in [6, 6.07) is 1.29. The number of halogens is 1. The Morgan fingerprint density at radius 1 is 1.40 bits per heavy atom. The molecular weight excluding hydrogens is 454 g/mol. The molecule has 0 fully saturated rings. The minimum Gasteiger partial charge on any atom is -0.472 e. The van der Waals surface area contributed by atoms with Crippen molar-refractivity contribution in [2.45, 2.75) is 26.0 Å². The normalized spacial score (nSPS) is 19.9. The predicted octanol–water partition coefficient (Wildman–Crippen LogP) is 1.63. The van der Waals surface area contributed by atoms with Crippen LogP contribution in [0.4, 0.5) is 0 Å². The lowest BCUT2D eigenvalue weighted by atomic mass is 10.00. The maximum Gasteiger partial charge on any atom is 0.273 e. The van der Waals surface area contributed by atoms with Crippen LogP contribution < -0.4 is 4.74 Å². The van der Waals surface area contributed by atoms with Crippen molar-refractivity contribution in [2.75, 3.05) is 26.7 Å². The summed E-state index contributed by atoms with van der Waals surface area (Å²) in [5.74, 6) is -0.454. The zero-order chi connectivity index (χ0) is 21.8. The minimum atomic E-state index is -0.426. The van der Waals surface area contributed by atoms with Crippen molar-refractivity contribution in [3.05, 3.63) is 46.6 Å². The van der Waals surface area contributed by atoms with Gasteiger partial charge in [-0.1, -0.05) is 6.92 Å². The van der Waals surface area contributed by atoms with Crippen molar-refractivity contribution in [1.82, 2.24) is 24.8 Å². The number of carbonyl (C=O) groups is 2. The molecule has 3 rings (SSSR count). The molecule has 0 saturated heterocycles. The molecule has 9 nitrogen and oxygen atoms in total. The summed E-state index contributed by atoms with van der Waals surface area (Å²) >= 11 is 3.35. The number of amides is 2. The summed E-state index contributed by atoms with van der Waals surface area (Å²) < 4.78 is 6.77. The second-order valence-corrected chi connectivity index (χ2v) is 8.32. The van der Waals surface area contributed by atoms with Gasteiger partial charge in [0.15, 0.2) is 0 Å². The van der Waals surface area contributed by atoms with Gasteiger partial charge in [-0.25, -0.2) is 9.97 Å². The highest BCUT2D eigenvalue weighted by Gasteiger charge is 2.34. The molecule has 0 spiro atoms. The first-order valence-corrected chi connectivity index (χ1v) is 10.4. The van der Waals surface area contributed by atoms with Crippen LogP contribution >= 0.6 is 15.9 Å². The number of rotatable bonds is 5. The molecule has 0 saturated carbocycles. The van der Waals surface area contributed by atoms with E-state index < -0.39 is 6.10 Å². The Balaban J connectivity index is 1.90. The second kappa shape index (κ2) is 9.48. The van der Waals surface area contributed by atoms with E-state index in [4.69, 9.17) is 4.74 Å². The second-order valence-electron chi connectivity index (χ2n) is 7.41.